The molecule has 0 heterocycles. The van der Waals surface area contributed by atoms with E-state index in [-0.39, 0.29) is 32.7 Å². The van der Waals surface area contributed by atoms with Gasteiger partial charge in [-0.1, -0.05) is 6.92 Å². The van der Waals surface area contributed by atoms with E-state index in [1.54, 1.807) is 6.92 Å². The van der Waals surface area contributed by atoms with Crippen LogP contribution in [0.3, 0.4) is 0 Å². The summed E-state index contributed by atoms with van der Waals surface area (Å²) in [4.78, 5) is 39.0. The summed E-state index contributed by atoms with van der Waals surface area (Å²) in [6.45, 7) is 2.00. The Morgan fingerprint density at radius 2 is 1.29 bits per heavy atom. The molecule has 0 atom stereocenters. The van der Waals surface area contributed by atoms with Gasteiger partial charge in [0.2, 0.25) is 0 Å². The van der Waals surface area contributed by atoms with Crippen LogP contribution in [-0.2, 0) is 51.9 Å². The fourth-order valence-corrected chi connectivity index (χ4v) is 0.166. The minimum Gasteiger partial charge on any atom is -0.639 e. The number of carbonyl (C=O) groups excluding carboxylic acids is 4. The van der Waals surface area contributed by atoms with E-state index in [1.165, 1.54) is 32.7 Å². The van der Waals surface area contributed by atoms with Crippen molar-refractivity contribution in [2.45, 2.75) is 6.92 Å². The molecular formula is C7H8N2O4Y-4. The van der Waals surface area contributed by atoms with Gasteiger partial charge in [0.15, 0.2) is 0 Å². The Hall–Kier alpha value is -0.616. The second kappa shape index (κ2) is 14.9. The van der Waals surface area contributed by atoms with Gasteiger partial charge in [0.25, 0.3) is 0 Å². The van der Waals surface area contributed by atoms with E-state index in [1.807, 2.05) is 0 Å². The van der Waals surface area contributed by atoms with E-state index in [0.29, 0.717) is 11.4 Å². The molecule has 0 saturated carbocycles. The van der Waals surface area contributed by atoms with Crippen molar-refractivity contribution in [2.75, 3.05) is 13.6 Å². The minimum absolute atomic E-state index is 0. The average Bonchev–Trinajstić information content (AvgIpc) is 2.20. The zero-order valence-electron chi connectivity index (χ0n) is 7.81. The molecule has 0 N–H and O–H groups in total. The minimum atomic E-state index is 0. The quantitative estimate of drug-likeness (QED) is 0.451. The summed E-state index contributed by atoms with van der Waals surface area (Å²) in [6.07, 6.45) is 5.27. The standard InChI is InChI=1S/C4H5NO2.C3H3NO2.Y/c1-2-5(3-6)4-7;1-4(2-5)3-6;/h2H2,1H3;1H3;/q2*-2;. The molecule has 0 spiro atoms. The van der Waals surface area contributed by atoms with Gasteiger partial charge < -0.3 is 29.0 Å². The maximum atomic E-state index is 9.51. The summed E-state index contributed by atoms with van der Waals surface area (Å²) in [5, 5.41) is 0. The fraction of sp³-hybridized carbons (Fsp3) is 0.429. The monoisotopic (exact) mass is 273 g/mol. The molecule has 0 aliphatic carbocycles. The predicted octanol–water partition coefficient (Wildman–Crippen LogP) is -1.51. The molecule has 4 amide bonds. The van der Waals surface area contributed by atoms with Gasteiger partial charge in [0.05, 0.1) is 0 Å². The van der Waals surface area contributed by atoms with Crippen LogP contribution in [0.25, 0.3) is 0 Å². The van der Waals surface area contributed by atoms with Crippen molar-refractivity contribution in [1.29, 1.82) is 0 Å². The molecule has 0 rings (SSSR count). The van der Waals surface area contributed by atoms with E-state index in [4.69, 9.17) is 0 Å². The average molecular weight is 273 g/mol. The molecule has 0 aromatic heterocycles. The van der Waals surface area contributed by atoms with Crippen molar-refractivity contribution < 1.29 is 51.9 Å². The van der Waals surface area contributed by atoms with Crippen LogP contribution in [0.2, 0.25) is 0 Å². The number of hydrogen-bond acceptors (Lipinski definition) is 4. The van der Waals surface area contributed by atoms with Gasteiger partial charge in [-0.2, -0.15) is 25.6 Å². The summed E-state index contributed by atoms with van der Waals surface area (Å²) < 4.78 is 0. The Kier molecular flexibility index (Phi) is 20.2. The SMILES string of the molecule is CCN([C-]=O)[C-]=O.CN([C-]=O)[C-]=O.[Y]. The zero-order valence-corrected chi connectivity index (χ0v) is 10.7. The van der Waals surface area contributed by atoms with Crippen LogP contribution in [0.15, 0.2) is 0 Å². The fourth-order valence-electron chi connectivity index (χ4n) is 0.166. The molecule has 0 fully saturated rings. The number of imide groups is 2. The maximum absolute atomic E-state index is 9.51. The van der Waals surface area contributed by atoms with E-state index in [0.717, 1.165) is 4.90 Å². The third-order valence-electron chi connectivity index (χ3n) is 0.810. The van der Waals surface area contributed by atoms with Gasteiger partial charge in [0.1, 0.15) is 0 Å². The molecule has 7 heteroatoms. The number of hydrogen-bond donors (Lipinski definition) is 0. The van der Waals surface area contributed by atoms with Crippen molar-refractivity contribution in [1.82, 2.24) is 9.80 Å². The van der Waals surface area contributed by atoms with Crippen LogP contribution in [0.4, 0.5) is 0 Å². The Balaban J connectivity index is -0.000000163. The summed E-state index contributed by atoms with van der Waals surface area (Å²) in [7, 11) is 1.26. The molecule has 0 aromatic carbocycles. The van der Waals surface area contributed by atoms with E-state index in [2.05, 4.69) is 0 Å². The van der Waals surface area contributed by atoms with Gasteiger partial charge in [-0.15, -0.1) is 0 Å². The molecule has 6 nitrogen and oxygen atoms in total. The van der Waals surface area contributed by atoms with Crippen LogP contribution < -0.4 is 0 Å². The molecule has 0 bridgehead atoms. The molecular weight excluding hydrogens is 265 g/mol. The first-order chi connectivity index (χ1) is 6.15. The third-order valence-corrected chi connectivity index (χ3v) is 0.810. The largest absolute Gasteiger partial charge is 0.639 e. The molecule has 77 valence electrons. The zero-order chi connectivity index (χ0) is 10.7. The first-order valence-corrected chi connectivity index (χ1v) is 3.18. The van der Waals surface area contributed by atoms with Gasteiger partial charge >= 0.3 is 0 Å². The summed E-state index contributed by atoms with van der Waals surface area (Å²) in [5.74, 6) is 0. The van der Waals surface area contributed by atoms with E-state index in [9.17, 15) is 19.2 Å². The maximum Gasteiger partial charge on any atom is 0 e. The Labute approximate surface area is 107 Å². The molecule has 14 heavy (non-hydrogen) atoms. The molecule has 1 radical (unpaired) electrons. The number of amides is 4. The summed E-state index contributed by atoms with van der Waals surface area (Å²) in [5.41, 5.74) is 0. The van der Waals surface area contributed by atoms with Crippen LogP contribution in [0.5, 0.6) is 0 Å². The van der Waals surface area contributed by atoms with E-state index >= 15 is 0 Å². The Bertz CT molecular complexity index is 161. The summed E-state index contributed by atoms with van der Waals surface area (Å²) >= 11 is 0. The second-order valence-electron chi connectivity index (χ2n) is 1.67. The van der Waals surface area contributed by atoms with Crippen molar-refractivity contribution in [3.8, 4) is 0 Å². The number of rotatable bonds is 5. The molecule has 0 unspecified atom stereocenters. The normalized spacial score (nSPS) is 6.71. The smallest absolute Gasteiger partial charge is 0 e. The Morgan fingerprint density at radius 1 is 0.929 bits per heavy atom. The van der Waals surface area contributed by atoms with E-state index < -0.39 is 0 Å². The first-order valence-electron chi connectivity index (χ1n) is 3.18. The molecule has 0 aliphatic rings. The number of nitrogens with zero attached hydrogens (tertiary/aromatic N) is 2. The third kappa shape index (κ3) is 13.9. The van der Waals surface area contributed by atoms with Crippen LogP contribution in [0.1, 0.15) is 6.92 Å². The molecule has 0 aromatic rings. The van der Waals surface area contributed by atoms with Crippen molar-refractivity contribution in [3.05, 3.63) is 0 Å². The molecule has 0 aliphatic heterocycles. The first kappa shape index (κ1) is 19.0. The van der Waals surface area contributed by atoms with Gasteiger partial charge in [-0.05, 0) is 13.6 Å². The predicted molar refractivity (Wildman–Crippen MR) is 42.9 cm³/mol. The topological polar surface area (TPSA) is 74.8 Å². The van der Waals surface area contributed by atoms with Crippen LogP contribution in [-0.4, -0.2) is 49.0 Å². The van der Waals surface area contributed by atoms with Gasteiger partial charge in [0, 0.05) is 32.7 Å². The Morgan fingerprint density at radius 3 is 1.29 bits per heavy atom. The van der Waals surface area contributed by atoms with Crippen molar-refractivity contribution >= 4 is 25.6 Å². The van der Waals surface area contributed by atoms with Crippen LogP contribution >= 0.6 is 0 Å². The second-order valence-corrected chi connectivity index (χ2v) is 1.67. The summed E-state index contributed by atoms with van der Waals surface area (Å²) in [6, 6.07) is 0. The van der Waals surface area contributed by atoms with Gasteiger partial charge in [-0.25, -0.2) is 0 Å². The van der Waals surface area contributed by atoms with Gasteiger partial charge in [-0.3, -0.25) is 0 Å². The van der Waals surface area contributed by atoms with Crippen molar-refractivity contribution in [2.24, 2.45) is 0 Å². The molecule has 0 saturated heterocycles. The van der Waals surface area contributed by atoms with Crippen molar-refractivity contribution in [3.63, 3.8) is 0 Å². The van der Waals surface area contributed by atoms with Crippen LogP contribution in [0, 0.1) is 0 Å².